The average molecular weight is 442 g/mol. The largest absolute Gasteiger partial charge is 0.436 e. The summed E-state index contributed by atoms with van der Waals surface area (Å²) < 4.78 is 44.4. The quantitative estimate of drug-likeness (QED) is 0.283. The van der Waals surface area contributed by atoms with Crippen LogP contribution in [-0.2, 0) is 18.3 Å². The molecule has 0 amide bonds. The van der Waals surface area contributed by atoms with Crippen molar-refractivity contribution >= 4 is 22.9 Å². The van der Waals surface area contributed by atoms with Gasteiger partial charge in [-0.1, -0.05) is 31.5 Å². The molecule has 0 spiro atoms. The summed E-state index contributed by atoms with van der Waals surface area (Å²) in [6.45, 7) is 4.32. The highest BCUT2D eigenvalue weighted by Crippen LogP contribution is 2.33. The number of fused-ring (bicyclic) bond motifs is 1. The Morgan fingerprint density at radius 2 is 1.74 bits per heavy atom. The zero-order valence-electron chi connectivity index (χ0n) is 17.3. The second-order valence-corrected chi connectivity index (χ2v) is 8.54. The number of hydrogen-bond acceptors (Lipinski definition) is 3. The predicted octanol–water partition coefficient (Wildman–Crippen LogP) is 8.07. The van der Waals surface area contributed by atoms with Gasteiger partial charge in [0.05, 0.1) is 5.56 Å². The van der Waals surface area contributed by atoms with E-state index >= 15 is 0 Å². The fraction of sp³-hybridized carbons (Fsp3) is 0.240. The van der Waals surface area contributed by atoms with E-state index in [0.717, 1.165) is 30.5 Å². The standard InChI is InChI=1S/C25H22F3NOS/c1-3-5-17-10-13-21(14-16(17)2)31-15-19-6-4-7-22-23(19)30-24(29-22)18-8-11-20(12-9-18)25(26,27)28/h4,6-14H,3,5,15H2,1-2H3. The number of alkyl halides is 3. The summed E-state index contributed by atoms with van der Waals surface area (Å²) in [4.78, 5) is 5.67. The Bertz CT molecular complexity index is 1200. The Morgan fingerprint density at radius 3 is 2.42 bits per heavy atom. The first-order valence-corrected chi connectivity index (χ1v) is 11.1. The van der Waals surface area contributed by atoms with E-state index in [4.69, 9.17) is 4.42 Å². The summed E-state index contributed by atoms with van der Waals surface area (Å²) in [7, 11) is 0. The Balaban J connectivity index is 1.56. The van der Waals surface area contributed by atoms with Crippen molar-refractivity contribution in [3.63, 3.8) is 0 Å². The molecule has 0 unspecified atom stereocenters. The number of thioether (sulfide) groups is 1. The second-order valence-electron chi connectivity index (χ2n) is 7.49. The number of aryl methyl sites for hydroxylation is 2. The van der Waals surface area contributed by atoms with Gasteiger partial charge in [0, 0.05) is 21.8 Å². The monoisotopic (exact) mass is 441 g/mol. The molecule has 4 aromatic rings. The molecule has 1 aromatic heterocycles. The highest BCUT2D eigenvalue weighted by molar-refractivity contribution is 7.98. The van der Waals surface area contributed by atoms with Gasteiger partial charge >= 0.3 is 6.18 Å². The van der Waals surface area contributed by atoms with Crippen LogP contribution < -0.4 is 0 Å². The maximum absolute atomic E-state index is 12.8. The van der Waals surface area contributed by atoms with Crippen molar-refractivity contribution in [2.45, 2.75) is 43.5 Å². The molecule has 0 aliphatic carbocycles. The molecule has 6 heteroatoms. The second kappa shape index (κ2) is 8.79. The van der Waals surface area contributed by atoms with E-state index in [1.807, 2.05) is 18.2 Å². The van der Waals surface area contributed by atoms with Crippen LogP contribution in [0.15, 0.2) is 70.0 Å². The van der Waals surface area contributed by atoms with E-state index in [1.54, 1.807) is 11.8 Å². The van der Waals surface area contributed by atoms with E-state index in [0.29, 0.717) is 28.3 Å². The smallest absolute Gasteiger partial charge is 0.416 e. The van der Waals surface area contributed by atoms with Crippen molar-refractivity contribution in [1.82, 2.24) is 4.98 Å². The number of hydrogen-bond donors (Lipinski definition) is 0. The SMILES string of the molecule is CCCc1ccc(SCc2cccc3nc(-c4ccc(C(F)(F)F)cc4)oc23)cc1C. The summed E-state index contributed by atoms with van der Waals surface area (Å²) in [5.41, 5.74) is 4.88. The van der Waals surface area contributed by atoms with Crippen molar-refractivity contribution in [3.8, 4) is 11.5 Å². The van der Waals surface area contributed by atoms with Gasteiger partial charge in [0.15, 0.2) is 5.58 Å². The Kier molecular flexibility index (Phi) is 6.10. The van der Waals surface area contributed by atoms with Gasteiger partial charge in [-0.3, -0.25) is 0 Å². The van der Waals surface area contributed by atoms with E-state index in [-0.39, 0.29) is 0 Å². The van der Waals surface area contributed by atoms with Crippen LogP contribution in [0.1, 0.15) is 35.6 Å². The lowest BCUT2D eigenvalue weighted by Crippen LogP contribution is -2.03. The van der Waals surface area contributed by atoms with Gasteiger partial charge < -0.3 is 4.42 Å². The first kappa shape index (κ1) is 21.5. The van der Waals surface area contributed by atoms with Gasteiger partial charge in [0.25, 0.3) is 0 Å². The third-order valence-corrected chi connectivity index (χ3v) is 6.23. The summed E-state index contributed by atoms with van der Waals surface area (Å²) >= 11 is 1.73. The third-order valence-electron chi connectivity index (χ3n) is 5.18. The number of oxazole rings is 1. The summed E-state index contributed by atoms with van der Waals surface area (Å²) in [5.74, 6) is 1.03. The van der Waals surface area contributed by atoms with Crippen LogP contribution in [0.25, 0.3) is 22.6 Å². The molecule has 0 aliphatic rings. The first-order valence-electron chi connectivity index (χ1n) is 10.1. The van der Waals surface area contributed by atoms with Gasteiger partial charge in [-0.15, -0.1) is 11.8 Å². The Morgan fingerprint density at radius 1 is 0.968 bits per heavy atom. The molecule has 0 atom stereocenters. The zero-order valence-corrected chi connectivity index (χ0v) is 18.1. The highest BCUT2D eigenvalue weighted by Gasteiger charge is 2.30. The van der Waals surface area contributed by atoms with Crippen LogP contribution in [0.4, 0.5) is 13.2 Å². The molecular weight excluding hydrogens is 419 g/mol. The van der Waals surface area contributed by atoms with Crippen LogP contribution in [0, 0.1) is 6.92 Å². The third kappa shape index (κ3) is 4.79. The van der Waals surface area contributed by atoms with Crippen LogP contribution >= 0.6 is 11.8 Å². The molecule has 4 rings (SSSR count). The number of halogens is 3. The van der Waals surface area contributed by atoms with Crippen molar-refractivity contribution in [2.75, 3.05) is 0 Å². The molecule has 0 radical (unpaired) electrons. The normalized spacial score (nSPS) is 11.9. The van der Waals surface area contributed by atoms with Gasteiger partial charge in [-0.25, -0.2) is 4.98 Å². The van der Waals surface area contributed by atoms with Crippen LogP contribution in [0.2, 0.25) is 0 Å². The lowest BCUT2D eigenvalue weighted by Gasteiger charge is -2.08. The summed E-state index contributed by atoms with van der Waals surface area (Å²) in [5, 5.41) is 0. The Labute approximate surface area is 183 Å². The minimum atomic E-state index is -4.36. The molecule has 0 bridgehead atoms. The first-order chi connectivity index (χ1) is 14.8. The van der Waals surface area contributed by atoms with Crippen LogP contribution in [0.3, 0.4) is 0 Å². The summed E-state index contributed by atoms with van der Waals surface area (Å²) in [6, 6.07) is 17.2. The molecular formula is C25H22F3NOS. The van der Waals surface area contributed by atoms with Crippen molar-refractivity contribution < 1.29 is 17.6 Å². The molecule has 31 heavy (non-hydrogen) atoms. The molecule has 0 N–H and O–H groups in total. The predicted molar refractivity (Wildman–Crippen MR) is 119 cm³/mol. The fourth-order valence-corrected chi connectivity index (χ4v) is 4.49. The van der Waals surface area contributed by atoms with Crippen molar-refractivity contribution in [1.29, 1.82) is 0 Å². The van der Waals surface area contributed by atoms with Crippen molar-refractivity contribution in [3.05, 3.63) is 82.9 Å². The molecule has 0 saturated carbocycles. The molecule has 160 valence electrons. The molecule has 1 heterocycles. The number of nitrogens with zero attached hydrogens (tertiary/aromatic N) is 1. The molecule has 2 nitrogen and oxygen atoms in total. The minimum absolute atomic E-state index is 0.320. The van der Waals surface area contributed by atoms with E-state index < -0.39 is 11.7 Å². The van der Waals surface area contributed by atoms with Gasteiger partial charge in [0.1, 0.15) is 5.52 Å². The lowest BCUT2D eigenvalue weighted by atomic mass is 10.1. The van der Waals surface area contributed by atoms with Crippen LogP contribution in [0.5, 0.6) is 0 Å². The van der Waals surface area contributed by atoms with E-state index in [2.05, 4.69) is 37.0 Å². The molecule has 0 saturated heterocycles. The Hall–Kier alpha value is -2.73. The average Bonchev–Trinajstić information content (AvgIpc) is 3.18. The van der Waals surface area contributed by atoms with Gasteiger partial charge in [-0.2, -0.15) is 13.2 Å². The van der Waals surface area contributed by atoms with Crippen LogP contribution in [-0.4, -0.2) is 4.98 Å². The number of aromatic nitrogens is 1. The molecule has 0 aliphatic heterocycles. The van der Waals surface area contributed by atoms with Gasteiger partial charge in [-0.05, 0) is 66.9 Å². The van der Waals surface area contributed by atoms with E-state index in [1.165, 1.54) is 28.2 Å². The maximum atomic E-state index is 12.8. The highest BCUT2D eigenvalue weighted by atomic mass is 32.2. The lowest BCUT2D eigenvalue weighted by molar-refractivity contribution is -0.137. The fourth-order valence-electron chi connectivity index (χ4n) is 3.51. The van der Waals surface area contributed by atoms with Crippen molar-refractivity contribution in [2.24, 2.45) is 0 Å². The van der Waals surface area contributed by atoms with Gasteiger partial charge in [0.2, 0.25) is 5.89 Å². The maximum Gasteiger partial charge on any atom is 0.416 e. The number of benzene rings is 3. The number of para-hydroxylation sites is 1. The molecule has 0 fully saturated rings. The number of rotatable bonds is 6. The topological polar surface area (TPSA) is 26.0 Å². The van der Waals surface area contributed by atoms with E-state index in [9.17, 15) is 13.2 Å². The minimum Gasteiger partial charge on any atom is -0.436 e. The zero-order chi connectivity index (χ0) is 22.0. The summed E-state index contributed by atoms with van der Waals surface area (Å²) in [6.07, 6.45) is -2.15. The molecule has 3 aromatic carbocycles.